The second kappa shape index (κ2) is 12.2. The maximum Gasteiger partial charge on any atom is 2.00 e. The molecule has 164 valence electrons. The molecular weight excluding hydrogens is 416 g/mol. The van der Waals surface area contributed by atoms with E-state index in [-0.39, 0.29) is 70.0 Å². The van der Waals surface area contributed by atoms with Crippen molar-refractivity contribution in [2.45, 2.75) is 120 Å². The van der Waals surface area contributed by atoms with Crippen LogP contribution in [0.1, 0.15) is 98.8 Å². The second-order valence-corrected chi connectivity index (χ2v) is 12.0. The molecule has 0 bridgehead atoms. The van der Waals surface area contributed by atoms with Crippen LogP contribution in [-0.2, 0) is 0 Å². The number of rotatable bonds is 4. The van der Waals surface area contributed by atoms with Gasteiger partial charge in [0.25, 0.3) is 0 Å². The molecule has 0 aliphatic heterocycles. The van der Waals surface area contributed by atoms with E-state index in [1.807, 2.05) is 83.1 Å². The van der Waals surface area contributed by atoms with Crippen molar-refractivity contribution in [3.8, 4) is 0 Å². The van der Waals surface area contributed by atoms with Gasteiger partial charge in [0.1, 0.15) is 0 Å². The molecule has 0 saturated heterocycles. The average molecular weight is 466 g/mol. The molecule has 0 aromatic rings. The van der Waals surface area contributed by atoms with Crippen LogP contribution in [0.15, 0.2) is 0 Å². The molecule has 0 spiro atoms. The molecule has 0 saturated carbocycles. The Morgan fingerprint density at radius 3 is 0.630 bits per heavy atom. The summed E-state index contributed by atoms with van der Waals surface area (Å²) >= 11 is 0. The van der Waals surface area contributed by atoms with Crippen molar-refractivity contribution in [2.24, 2.45) is 21.7 Å². The zero-order valence-corrected chi connectivity index (χ0v) is 23.7. The van der Waals surface area contributed by atoms with Gasteiger partial charge < -0.3 is 23.3 Å². The van der Waals surface area contributed by atoms with E-state index >= 15 is 0 Å². The smallest absolute Gasteiger partial charge is 1.00 e. The molecule has 0 radical (unpaired) electrons. The molecule has 4 atom stereocenters. The molecule has 0 heterocycles. The Hall–Kier alpha value is 1.32. The topological polar surface area (TPSA) is 80.9 Å². The first-order chi connectivity index (χ1) is 11.1. The van der Waals surface area contributed by atoms with E-state index in [1.54, 1.807) is 0 Å². The minimum Gasteiger partial charge on any atom is -1.00 e. The van der Waals surface area contributed by atoms with Crippen LogP contribution in [0.3, 0.4) is 0 Å². The normalized spacial score (nSPS) is 17.8. The fourth-order valence-corrected chi connectivity index (χ4v) is 1.84. The summed E-state index contributed by atoms with van der Waals surface area (Å²) in [6, 6.07) is 0. The van der Waals surface area contributed by atoms with E-state index in [0.717, 1.165) is 0 Å². The third-order valence-electron chi connectivity index (χ3n) is 4.89. The summed E-state index contributed by atoms with van der Waals surface area (Å²) in [4.78, 5) is 0. The third-order valence-corrected chi connectivity index (χ3v) is 4.89. The molecule has 0 aromatic heterocycles. The summed E-state index contributed by atoms with van der Waals surface area (Å²) in [5, 5.41) is 39.0. The first kappa shape index (κ1) is 33.0. The van der Waals surface area contributed by atoms with Crippen LogP contribution < -0.4 is 0 Å². The SMILES string of the molecule is CC(C)(C)C(O)CC(O)C(C)(C)C.CC(C)(C)C(O)CC(O)C(C)(C)C.[H-].[H-].[Sr+2]. The van der Waals surface area contributed by atoms with E-state index in [2.05, 4.69) is 0 Å². The van der Waals surface area contributed by atoms with Gasteiger partial charge >= 0.3 is 45.5 Å². The zero-order valence-electron chi connectivity index (χ0n) is 22.2. The average Bonchev–Trinajstić information content (AvgIpc) is 2.34. The van der Waals surface area contributed by atoms with E-state index in [9.17, 15) is 20.4 Å². The molecule has 4 N–H and O–H groups in total. The zero-order chi connectivity index (χ0) is 21.7. The van der Waals surface area contributed by atoms with Gasteiger partial charge in [-0.05, 0) is 21.7 Å². The third kappa shape index (κ3) is 15.8. The maximum absolute atomic E-state index is 9.76. The van der Waals surface area contributed by atoms with Crippen molar-refractivity contribution in [1.82, 2.24) is 0 Å². The van der Waals surface area contributed by atoms with Crippen LogP contribution in [0.4, 0.5) is 0 Å². The maximum atomic E-state index is 9.76. The van der Waals surface area contributed by atoms with Gasteiger partial charge in [0.15, 0.2) is 0 Å². The Morgan fingerprint density at radius 1 is 0.444 bits per heavy atom. The summed E-state index contributed by atoms with van der Waals surface area (Å²) in [7, 11) is 0. The minimum absolute atomic E-state index is 0. The van der Waals surface area contributed by atoms with Crippen LogP contribution in [0.2, 0.25) is 0 Å². The molecule has 0 rings (SSSR count). The molecule has 0 fully saturated rings. The molecule has 0 aliphatic carbocycles. The number of hydrogen-bond acceptors (Lipinski definition) is 4. The van der Waals surface area contributed by atoms with Gasteiger partial charge in [-0.1, -0.05) is 83.1 Å². The van der Waals surface area contributed by atoms with Gasteiger partial charge in [0, 0.05) is 12.8 Å². The van der Waals surface area contributed by atoms with Crippen molar-refractivity contribution >= 4 is 45.5 Å². The summed E-state index contributed by atoms with van der Waals surface area (Å²) in [6.45, 7) is 23.8. The van der Waals surface area contributed by atoms with Gasteiger partial charge in [-0.15, -0.1) is 0 Å². The summed E-state index contributed by atoms with van der Waals surface area (Å²) < 4.78 is 0. The number of aliphatic hydroxyl groups is 4. The van der Waals surface area contributed by atoms with Crippen molar-refractivity contribution in [1.29, 1.82) is 0 Å². The molecule has 0 aromatic carbocycles. The molecule has 4 nitrogen and oxygen atoms in total. The molecule has 27 heavy (non-hydrogen) atoms. The van der Waals surface area contributed by atoms with E-state index in [1.165, 1.54) is 0 Å². The minimum atomic E-state index is -0.443. The molecule has 5 heteroatoms. The molecular formula is C22H50O4Sr. The van der Waals surface area contributed by atoms with Crippen molar-refractivity contribution in [3.05, 3.63) is 0 Å². The molecule has 4 unspecified atom stereocenters. The van der Waals surface area contributed by atoms with E-state index in [0.29, 0.717) is 12.8 Å². The van der Waals surface area contributed by atoms with E-state index in [4.69, 9.17) is 0 Å². The van der Waals surface area contributed by atoms with Crippen molar-refractivity contribution in [3.63, 3.8) is 0 Å². The van der Waals surface area contributed by atoms with E-state index < -0.39 is 24.4 Å². The Kier molecular flexibility index (Phi) is 14.9. The Balaban J connectivity index is -0.000000120. The van der Waals surface area contributed by atoms with Gasteiger partial charge in [-0.3, -0.25) is 0 Å². The standard InChI is InChI=1S/2C11H24O2.Sr.2H/c2*1-10(2,3)8(12)7-9(13)11(4,5)6;;;/h2*8-9,12-13H,7H2,1-6H3;;;/q;;+2;2*-1. The van der Waals surface area contributed by atoms with Gasteiger partial charge in [-0.25, -0.2) is 0 Å². The van der Waals surface area contributed by atoms with Gasteiger partial charge in [-0.2, -0.15) is 0 Å². The monoisotopic (exact) mass is 466 g/mol. The second-order valence-electron chi connectivity index (χ2n) is 12.0. The predicted molar refractivity (Wildman–Crippen MR) is 119 cm³/mol. The van der Waals surface area contributed by atoms with Crippen LogP contribution in [-0.4, -0.2) is 90.3 Å². The predicted octanol–water partition coefficient (Wildman–Crippen LogP) is 4.23. The fraction of sp³-hybridized carbons (Fsp3) is 1.00. The first-order valence-electron chi connectivity index (χ1n) is 9.82. The van der Waals surface area contributed by atoms with Crippen molar-refractivity contribution < 1.29 is 23.3 Å². The summed E-state index contributed by atoms with van der Waals surface area (Å²) in [5.74, 6) is 0. The summed E-state index contributed by atoms with van der Waals surface area (Å²) in [5.41, 5.74) is -0.586. The number of hydrogen-bond donors (Lipinski definition) is 4. The Labute approximate surface area is 209 Å². The van der Waals surface area contributed by atoms with Crippen LogP contribution in [0, 0.1) is 21.7 Å². The largest absolute Gasteiger partial charge is 2.00 e. The summed E-state index contributed by atoms with van der Waals surface area (Å²) in [6.07, 6.45) is -0.869. The first-order valence-corrected chi connectivity index (χ1v) is 9.82. The number of aliphatic hydroxyl groups excluding tert-OH is 4. The van der Waals surface area contributed by atoms with Crippen molar-refractivity contribution in [2.75, 3.05) is 0 Å². The van der Waals surface area contributed by atoms with Crippen LogP contribution in [0.5, 0.6) is 0 Å². The Morgan fingerprint density at radius 2 is 0.556 bits per heavy atom. The molecule has 0 aliphatic rings. The van der Waals surface area contributed by atoms with Gasteiger partial charge in [0.05, 0.1) is 24.4 Å². The quantitative estimate of drug-likeness (QED) is 0.468. The Bertz CT molecular complexity index is 320. The fourth-order valence-electron chi connectivity index (χ4n) is 1.84. The van der Waals surface area contributed by atoms with Crippen LogP contribution in [0.25, 0.3) is 0 Å². The molecule has 0 amide bonds. The van der Waals surface area contributed by atoms with Crippen LogP contribution >= 0.6 is 0 Å². The van der Waals surface area contributed by atoms with Gasteiger partial charge in [0.2, 0.25) is 0 Å².